The first-order valence-corrected chi connectivity index (χ1v) is 10.7. The van der Waals surface area contributed by atoms with Crippen LogP contribution in [0.1, 0.15) is 38.5 Å². The van der Waals surface area contributed by atoms with Crippen molar-refractivity contribution in [3.05, 3.63) is 36.5 Å². The summed E-state index contributed by atoms with van der Waals surface area (Å²) in [5, 5.41) is 1.09. The number of hydrogen-bond donors (Lipinski definition) is 0. The molecule has 0 unspecified atom stereocenters. The van der Waals surface area contributed by atoms with Gasteiger partial charge in [-0.3, -0.25) is 4.79 Å². The number of amides is 1. The van der Waals surface area contributed by atoms with E-state index in [1.54, 1.807) is 11.3 Å². The summed E-state index contributed by atoms with van der Waals surface area (Å²) in [6.45, 7) is 3.80. The molecule has 1 aromatic heterocycles. The minimum atomic E-state index is 0.206. The molecule has 0 spiro atoms. The molecule has 1 amide bonds. The smallest absolute Gasteiger partial charge is 0.225 e. The molecule has 2 aliphatic rings. The minimum absolute atomic E-state index is 0.206. The highest BCUT2D eigenvalue weighted by Gasteiger charge is 2.29. The maximum atomic E-state index is 12.8. The van der Waals surface area contributed by atoms with Gasteiger partial charge in [-0.15, -0.1) is 0 Å². The van der Waals surface area contributed by atoms with Crippen LogP contribution in [0.5, 0.6) is 0 Å². The fraction of sp³-hybridized carbons (Fsp3) is 0.524. The Morgan fingerprint density at radius 3 is 2.35 bits per heavy atom. The van der Waals surface area contributed by atoms with Crippen LogP contribution < -0.4 is 4.90 Å². The average molecular weight is 370 g/mol. The Kier molecular flexibility index (Phi) is 5.54. The summed E-state index contributed by atoms with van der Waals surface area (Å²) in [6.07, 6.45) is 8.78. The number of benzene rings is 1. The van der Waals surface area contributed by atoms with Crippen LogP contribution in [0.2, 0.25) is 0 Å². The predicted octanol–water partition coefficient (Wildman–Crippen LogP) is 4.43. The number of anilines is 1. The van der Waals surface area contributed by atoms with Gasteiger partial charge in [-0.05, 0) is 31.2 Å². The molecule has 0 saturated carbocycles. The number of carbonyl (C=O) groups is 1. The van der Waals surface area contributed by atoms with Crippen LogP contribution in [0.4, 0.5) is 5.13 Å². The summed E-state index contributed by atoms with van der Waals surface area (Å²) in [4.78, 5) is 23.2. The zero-order valence-electron chi connectivity index (χ0n) is 15.3. The Balaban J connectivity index is 1.35. The normalized spacial score (nSPS) is 19.4. The fourth-order valence-electron chi connectivity index (χ4n) is 4.01. The molecule has 0 radical (unpaired) electrons. The SMILES string of the molecule is O=C(C1CCN(c2ncc(-c3ccccc3)s2)CC1)N1CCCCCC1. The van der Waals surface area contributed by atoms with E-state index in [4.69, 9.17) is 0 Å². The molecule has 2 aromatic rings. The highest BCUT2D eigenvalue weighted by molar-refractivity contribution is 7.18. The van der Waals surface area contributed by atoms with Crippen molar-refractivity contribution in [1.82, 2.24) is 9.88 Å². The number of piperidine rings is 1. The summed E-state index contributed by atoms with van der Waals surface area (Å²) < 4.78 is 0. The summed E-state index contributed by atoms with van der Waals surface area (Å²) in [5.41, 5.74) is 1.22. The van der Waals surface area contributed by atoms with Crippen molar-refractivity contribution in [1.29, 1.82) is 0 Å². The molecule has 4 rings (SSSR count). The molecule has 5 heteroatoms. The fourth-order valence-corrected chi connectivity index (χ4v) is 4.99. The van der Waals surface area contributed by atoms with E-state index in [-0.39, 0.29) is 5.92 Å². The van der Waals surface area contributed by atoms with Crippen molar-refractivity contribution < 1.29 is 4.79 Å². The number of likely N-dealkylation sites (tertiary alicyclic amines) is 1. The third-order valence-electron chi connectivity index (χ3n) is 5.58. The van der Waals surface area contributed by atoms with Crippen molar-refractivity contribution in [2.24, 2.45) is 5.92 Å². The molecule has 2 saturated heterocycles. The van der Waals surface area contributed by atoms with Crippen LogP contribution in [-0.4, -0.2) is 42.0 Å². The third-order valence-corrected chi connectivity index (χ3v) is 6.69. The molecular weight excluding hydrogens is 342 g/mol. The van der Waals surface area contributed by atoms with E-state index >= 15 is 0 Å². The Morgan fingerprint density at radius 1 is 0.962 bits per heavy atom. The number of hydrogen-bond acceptors (Lipinski definition) is 4. The maximum absolute atomic E-state index is 12.8. The molecule has 0 N–H and O–H groups in total. The summed E-state index contributed by atoms with van der Waals surface area (Å²) in [6, 6.07) is 10.4. The lowest BCUT2D eigenvalue weighted by Gasteiger charge is -2.33. The number of carbonyl (C=O) groups excluding carboxylic acids is 1. The zero-order valence-corrected chi connectivity index (χ0v) is 16.1. The zero-order chi connectivity index (χ0) is 17.8. The van der Waals surface area contributed by atoms with Gasteiger partial charge in [-0.2, -0.15) is 0 Å². The van der Waals surface area contributed by atoms with Crippen molar-refractivity contribution in [2.45, 2.75) is 38.5 Å². The third kappa shape index (κ3) is 3.93. The number of aromatic nitrogens is 1. The van der Waals surface area contributed by atoms with Gasteiger partial charge in [-0.25, -0.2) is 4.98 Å². The van der Waals surface area contributed by atoms with E-state index in [1.807, 2.05) is 12.3 Å². The van der Waals surface area contributed by atoms with Crippen LogP contribution in [-0.2, 0) is 4.79 Å². The van der Waals surface area contributed by atoms with E-state index in [1.165, 1.54) is 36.1 Å². The van der Waals surface area contributed by atoms with Crippen LogP contribution in [0.25, 0.3) is 10.4 Å². The number of thiazole rings is 1. The van der Waals surface area contributed by atoms with Gasteiger partial charge in [0.2, 0.25) is 5.91 Å². The predicted molar refractivity (Wildman–Crippen MR) is 108 cm³/mol. The quantitative estimate of drug-likeness (QED) is 0.803. The van der Waals surface area contributed by atoms with Gasteiger partial charge in [0.25, 0.3) is 0 Å². The van der Waals surface area contributed by atoms with E-state index in [2.05, 4.69) is 39.0 Å². The van der Waals surface area contributed by atoms with Gasteiger partial charge in [0.1, 0.15) is 0 Å². The minimum Gasteiger partial charge on any atom is -0.348 e. The lowest BCUT2D eigenvalue weighted by Crippen LogP contribution is -2.43. The first-order valence-electron chi connectivity index (χ1n) is 9.86. The van der Waals surface area contributed by atoms with E-state index in [0.717, 1.165) is 44.2 Å². The Hall–Kier alpha value is -1.88. The first-order chi connectivity index (χ1) is 12.8. The van der Waals surface area contributed by atoms with Crippen molar-refractivity contribution >= 4 is 22.4 Å². The molecule has 0 aliphatic carbocycles. The van der Waals surface area contributed by atoms with Crippen LogP contribution in [0.3, 0.4) is 0 Å². The summed E-state index contributed by atoms with van der Waals surface area (Å²) >= 11 is 1.75. The van der Waals surface area contributed by atoms with Gasteiger partial charge in [0.05, 0.1) is 4.88 Å². The summed E-state index contributed by atoms with van der Waals surface area (Å²) in [7, 11) is 0. The Labute approximate surface area is 159 Å². The van der Waals surface area contributed by atoms with Crippen molar-refractivity contribution in [3.63, 3.8) is 0 Å². The van der Waals surface area contributed by atoms with Crippen LogP contribution >= 0.6 is 11.3 Å². The molecule has 2 fully saturated rings. The molecule has 138 valence electrons. The van der Waals surface area contributed by atoms with Crippen molar-refractivity contribution in [3.8, 4) is 10.4 Å². The van der Waals surface area contributed by atoms with Crippen LogP contribution in [0, 0.1) is 5.92 Å². The second kappa shape index (κ2) is 8.21. The first kappa shape index (κ1) is 17.5. The maximum Gasteiger partial charge on any atom is 0.225 e. The van der Waals surface area contributed by atoms with E-state index in [0.29, 0.717) is 5.91 Å². The van der Waals surface area contributed by atoms with Crippen LogP contribution in [0.15, 0.2) is 36.5 Å². The van der Waals surface area contributed by atoms with Gasteiger partial charge >= 0.3 is 0 Å². The monoisotopic (exact) mass is 369 g/mol. The van der Waals surface area contributed by atoms with Gasteiger partial charge in [-0.1, -0.05) is 54.5 Å². The lowest BCUT2D eigenvalue weighted by atomic mass is 9.95. The molecule has 4 nitrogen and oxygen atoms in total. The van der Waals surface area contributed by atoms with Gasteiger partial charge < -0.3 is 9.80 Å². The molecule has 0 bridgehead atoms. The largest absolute Gasteiger partial charge is 0.348 e. The molecule has 26 heavy (non-hydrogen) atoms. The number of nitrogens with zero attached hydrogens (tertiary/aromatic N) is 3. The van der Waals surface area contributed by atoms with Gasteiger partial charge in [0, 0.05) is 38.3 Å². The molecule has 1 aromatic carbocycles. The molecule has 2 aliphatic heterocycles. The Bertz CT molecular complexity index is 714. The number of rotatable bonds is 3. The van der Waals surface area contributed by atoms with Crippen molar-refractivity contribution in [2.75, 3.05) is 31.1 Å². The molecule has 3 heterocycles. The van der Waals surface area contributed by atoms with Gasteiger partial charge in [0.15, 0.2) is 5.13 Å². The van der Waals surface area contributed by atoms with E-state index in [9.17, 15) is 4.79 Å². The topological polar surface area (TPSA) is 36.4 Å². The standard InChI is InChI=1S/C21H27N3OS/c25-20(23-12-6-1-2-7-13-23)18-10-14-24(15-11-18)21-22-16-19(26-21)17-8-4-3-5-9-17/h3-5,8-9,16,18H,1-2,6-7,10-15H2. The Morgan fingerprint density at radius 2 is 1.65 bits per heavy atom. The molecule has 0 atom stereocenters. The highest BCUT2D eigenvalue weighted by Crippen LogP contribution is 2.33. The average Bonchev–Trinajstić information content (AvgIpc) is 3.04. The summed E-state index contributed by atoms with van der Waals surface area (Å²) in [5.74, 6) is 0.605. The second-order valence-electron chi connectivity index (χ2n) is 7.37. The second-order valence-corrected chi connectivity index (χ2v) is 8.38. The highest BCUT2D eigenvalue weighted by atomic mass is 32.1. The lowest BCUT2D eigenvalue weighted by molar-refractivity contribution is -0.136. The van der Waals surface area contributed by atoms with E-state index < -0.39 is 0 Å². The molecular formula is C21H27N3OS.